The van der Waals surface area contributed by atoms with Crippen LogP contribution in [0.2, 0.25) is 5.02 Å². The molecule has 0 atom stereocenters. The topological polar surface area (TPSA) is 77.2 Å². The molecule has 0 aliphatic rings. The van der Waals surface area contributed by atoms with Crippen LogP contribution in [0.5, 0.6) is 5.75 Å². The molecule has 1 amide bonds. The first-order valence-corrected chi connectivity index (χ1v) is 8.51. The van der Waals surface area contributed by atoms with Gasteiger partial charge in [-0.25, -0.2) is 0 Å². The van der Waals surface area contributed by atoms with E-state index in [1.54, 1.807) is 13.2 Å². The molecule has 0 bridgehead atoms. The zero-order valence-corrected chi connectivity index (χ0v) is 15.0. The minimum absolute atomic E-state index is 0.109. The van der Waals surface area contributed by atoms with Crippen molar-refractivity contribution in [3.63, 3.8) is 0 Å². The molecule has 134 valence electrons. The lowest BCUT2D eigenvalue weighted by molar-refractivity contribution is -0.121. The van der Waals surface area contributed by atoms with Crippen LogP contribution in [0, 0.1) is 0 Å². The first kappa shape index (κ1) is 17.9. The van der Waals surface area contributed by atoms with E-state index in [2.05, 4.69) is 15.5 Å². The molecule has 0 aliphatic carbocycles. The lowest BCUT2D eigenvalue weighted by Gasteiger charge is -2.06. The predicted octanol–water partition coefficient (Wildman–Crippen LogP) is 3.65. The summed E-state index contributed by atoms with van der Waals surface area (Å²) in [6, 6.07) is 14.8. The van der Waals surface area contributed by atoms with E-state index >= 15 is 0 Å². The Morgan fingerprint density at radius 2 is 1.92 bits per heavy atom. The van der Waals surface area contributed by atoms with E-state index in [0.29, 0.717) is 35.5 Å². The molecular weight excluding hydrogens is 354 g/mol. The van der Waals surface area contributed by atoms with Crippen LogP contribution in [-0.4, -0.2) is 23.2 Å². The molecule has 26 heavy (non-hydrogen) atoms. The van der Waals surface area contributed by atoms with Crippen LogP contribution in [-0.2, 0) is 17.8 Å². The number of aryl methyl sites for hydroxylation is 1. The summed E-state index contributed by atoms with van der Waals surface area (Å²) in [6.07, 6.45) is 0.606. The third-order valence-electron chi connectivity index (χ3n) is 3.80. The standard InChI is InChI=1S/C19H18ClN3O3/c1-25-16-9-5-3-7-14(16)19-23-22-18(26-19)11-10-17(24)21-12-13-6-2-4-8-15(13)20/h2-9H,10-12H2,1H3,(H,21,24). The molecule has 0 fully saturated rings. The lowest BCUT2D eigenvalue weighted by atomic mass is 10.2. The van der Waals surface area contributed by atoms with Gasteiger partial charge in [0.1, 0.15) is 5.75 Å². The minimum atomic E-state index is -0.109. The Balaban J connectivity index is 1.55. The van der Waals surface area contributed by atoms with Crippen molar-refractivity contribution < 1.29 is 13.9 Å². The summed E-state index contributed by atoms with van der Waals surface area (Å²) in [5.41, 5.74) is 1.59. The number of aromatic nitrogens is 2. The molecule has 0 radical (unpaired) electrons. The quantitative estimate of drug-likeness (QED) is 0.686. The second kappa shape index (κ2) is 8.49. The van der Waals surface area contributed by atoms with Gasteiger partial charge in [0.15, 0.2) is 0 Å². The van der Waals surface area contributed by atoms with Gasteiger partial charge in [-0.05, 0) is 23.8 Å². The molecule has 1 heterocycles. The average molecular weight is 372 g/mol. The maximum atomic E-state index is 12.0. The highest BCUT2D eigenvalue weighted by Gasteiger charge is 2.14. The lowest BCUT2D eigenvalue weighted by Crippen LogP contribution is -2.23. The van der Waals surface area contributed by atoms with Crippen molar-refractivity contribution in [3.05, 3.63) is 65.0 Å². The Morgan fingerprint density at radius 3 is 2.73 bits per heavy atom. The largest absolute Gasteiger partial charge is 0.496 e. The van der Waals surface area contributed by atoms with Crippen LogP contribution >= 0.6 is 11.6 Å². The van der Waals surface area contributed by atoms with Gasteiger partial charge in [-0.2, -0.15) is 0 Å². The number of amides is 1. The number of hydrogen-bond acceptors (Lipinski definition) is 5. The minimum Gasteiger partial charge on any atom is -0.496 e. The van der Waals surface area contributed by atoms with Gasteiger partial charge in [-0.1, -0.05) is 41.9 Å². The molecule has 6 nitrogen and oxygen atoms in total. The Morgan fingerprint density at radius 1 is 1.15 bits per heavy atom. The summed E-state index contributed by atoms with van der Waals surface area (Å²) in [5.74, 6) is 1.31. The Hall–Kier alpha value is -2.86. The highest BCUT2D eigenvalue weighted by molar-refractivity contribution is 6.31. The maximum absolute atomic E-state index is 12.0. The summed E-state index contributed by atoms with van der Waals surface area (Å²) < 4.78 is 10.9. The van der Waals surface area contributed by atoms with E-state index in [0.717, 1.165) is 11.1 Å². The van der Waals surface area contributed by atoms with Crippen molar-refractivity contribution >= 4 is 17.5 Å². The number of ether oxygens (including phenoxy) is 1. The van der Waals surface area contributed by atoms with Crippen LogP contribution in [0.25, 0.3) is 11.5 Å². The van der Waals surface area contributed by atoms with Gasteiger partial charge in [0.05, 0.1) is 12.7 Å². The van der Waals surface area contributed by atoms with Crippen LogP contribution in [0.3, 0.4) is 0 Å². The summed E-state index contributed by atoms with van der Waals surface area (Å²) in [4.78, 5) is 12.0. The van der Waals surface area contributed by atoms with Crippen LogP contribution < -0.4 is 10.1 Å². The van der Waals surface area contributed by atoms with Gasteiger partial charge < -0.3 is 14.5 Å². The van der Waals surface area contributed by atoms with Crippen molar-refractivity contribution in [1.29, 1.82) is 0 Å². The number of carbonyl (C=O) groups excluding carboxylic acids is 1. The molecule has 7 heteroatoms. The van der Waals surface area contributed by atoms with Gasteiger partial charge in [0.2, 0.25) is 11.8 Å². The maximum Gasteiger partial charge on any atom is 0.251 e. The molecule has 3 rings (SSSR count). The number of hydrogen-bond donors (Lipinski definition) is 1. The number of nitrogens with one attached hydrogen (secondary N) is 1. The highest BCUT2D eigenvalue weighted by atomic mass is 35.5. The Labute approximate surface area is 156 Å². The molecular formula is C19H18ClN3O3. The van der Waals surface area contributed by atoms with Gasteiger partial charge >= 0.3 is 0 Å². The van der Waals surface area contributed by atoms with Gasteiger partial charge in [-0.3, -0.25) is 4.79 Å². The van der Waals surface area contributed by atoms with Gasteiger partial charge in [0.25, 0.3) is 5.89 Å². The fourth-order valence-electron chi connectivity index (χ4n) is 2.43. The molecule has 0 spiro atoms. The molecule has 0 unspecified atom stereocenters. The van der Waals surface area contributed by atoms with Gasteiger partial charge in [0, 0.05) is 24.4 Å². The molecule has 2 aromatic carbocycles. The fraction of sp³-hybridized carbons (Fsp3) is 0.211. The molecule has 0 saturated heterocycles. The van der Waals surface area contributed by atoms with Crippen LogP contribution in [0.1, 0.15) is 17.9 Å². The third kappa shape index (κ3) is 4.40. The number of halogens is 1. The summed E-state index contributed by atoms with van der Waals surface area (Å²) in [6.45, 7) is 0.384. The SMILES string of the molecule is COc1ccccc1-c1nnc(CCC(=O)NCc2ccccc2Cl)o1. The summed E-state index contributed by atoms with van der Waals surface area (Å²) in [7, 11) is 1.58. The highest BCUT2D eigenvalue weighted by Crippen LogP contribution is 2.28. The fourth-order valence-corrected chi connectivity index (χ4v) is 2.63. The molecule has 0 saturated carbocycles. The van der Waals surface area contributed by atoms with Crippen molar-refractivity contribution in [2.45, 2.75) is 19.4 Å². The first-order chi connectivity index (χ1) is 12.7. The first-order valence-electron chi connectivity index (χ1n) is 8.13. The third-order valence-corrected chi connectivity index (χ3v) is 4.17. The van der Waals surface area contributed by atoms with E-state index in [4.69, 9.17) is 20.8 Å². The van der Waals surface area contributed by atoms with E-state index in [9.17, 15) is 4.79 Å². The van der Waals surface area contributed by atoms with E-state index in [1.165, 1.54) is 0 Å². The summed E-state index contributed by atoms with van der Waals surface area (Å²) in [5, 5.41) is 11.5. The average Bonchev–Trinajstić information content (AvgIpc) is 3.14. The number of nitrogens with zero attached hydrogens (tertiary/aromatic N) is 2. The number of para-hydroxylation sites is 1. The zero-order valence-electron chi connectivity index (χ0n) is 14.2. The van der Waals surface area contributed by atoms with Crippen molar-refractivity contribution in [1.82, 2.24) is 15.5 Å². The summed E-state index contributed by atoms with van der Waals surface area (Å²) >= 11 is 6.07. The number of rotatable bonds is 7. The van der Waals surface area contributed by atoms with E-state index in [1.807, 2.05) is 42.5 Å². The molecule has 1 N–H and O–H groups in total. The van der Waals surface area contributed by atoms with Crippen molar-refractivity contribution in [2.24, 2.45) is 0 Å². The molecule has 0 aliphatic heterocycles. The normalized spacial score (nSPS) is 10.5. The number of benzene rings is 2. The smallest absolute Gasteiger partial charge is 0.251 e. The monoisotopic (exact) mass is 371 g/mol. The van der Waals surface area contributed by atoms with Crippen LogP contribution in [0.4, 0.5) is 0 Å². The zero-order chi connectivity index (χ0) is 18.4. The van der Waals surface area contributed by atoms with E-state index in [-0.39, 0.29) is 12.3 Å². The van der Waals surface area contributed by atoms with Gasteiger partial charge in [-0.15, -0.1) is 10.2 Å². The Bertz CT molecular complexity index is 895. The number of methoxy groups -OCH3 is 1. The number of carbonyl (C=O) groups is 1. The molecule has 3 aromatic rings. The molecule has 1 aromatic heterocycles. The second-order valence-corrected chi connectivity index (χ2v) is 5.98. The van der Waals surface area contributed by atoms with Crippen molar-refractivity contribution in [2.75, 3.05) is 7.11 Å². The second-order valence-electron chi connectivity index (χ2n) is 5.57. The van der Waals surface area contributed by atoms with Crippen LogP contribution in [0.15, 0.2) is 52.9 Å². The Kier molecular flexibility index (Phi) is 5.86. The predicted molar refractivity (Wildman–Crippen MR) is 97.9 cm³/mol. The van der Waals surface area contributed by atoms with E-state index < -0.39 is 0 Å². The van der Waals surface area contributed by atoms with Crippen molar-refractivity contribution in [3.8, 4) is 17.2 Å².